The molecule has 4 rings (SSSR count). The molecule has 2 N–H and O–H groups in total. The molecule has 4 aromatic rings. The van der Waals surface area contributed by atoms with Gasteiger partial charge in [0, 0.05) is 30.0 Å². The molecule has 240 valence electrons. The van der Waals surface area contributed by atoms with Gasteiger partial charge in [0.05, 0.1) is 14.9 Å². The van der Waals surface area contributed by atoms with E-state index >= 15 is 0 Å². The minimum Gasteiger partial charge on any atom is -0.326 e. The Balaban J connectivity index is 1.50. The number of anilines is 1. The Morgan fingerprint density at radius 1 is 0.826 bits per heavy atom. The Morgan fingerprint density at radius 3 is 2.17 bits per heavy atom. The van der Waals surface area contributed by atoms with Gasteiger partial charge in [-0.2, -0.15) is 0 Å². The quantitative estimate of drug-likeness (QED) is 0.130. The zero-order valence-electron chi connectivity index (χ0n) is 25.7. The van der Waals surface area contributed by atoms with Crippen molar-refractivity contribution in [1.82, 2.24) is 4.72 Å². The molecule has 0 bridgehead atoms. The molecular formula is C36H36Cl2N2O5S. The number of halogens is 2. The highest BCUT2D eigenvalue weighted by Crippen LogP contribution is 2.28. The fourth-order valence-electron chi connectivity index (χ4n) is 5.03. The largest absolute Gasteiger partial charge is 0.326 e. The predicted octanol–water partition coefficient (Wildman–Crippen LogP) is 8.42. The number of sulfonamides is 1. The van der Waals surface area contributed by atoms with Crippen LogP contribution in [0.25, 0.3) is 11.1 Å². The SMILES string of the molecule is CCCCC(=O)Nc1ccc(-c2ccc(C(=O)CC(CCc3ccccc3)C(=O)NS(=O)(=O)c3ccc(Cl)c(Cl)c3)c(C)c2)cc1. The Hall–Kier alpha value is -3.98. The van der Waals surface area contributed by atoms with Gasteiger partial charge < -0.3 is 5.32 Å². The number of hydrogen-bond acceptors (Lipinski definition) is 5. The van der Waals surface area contributed by atoms with E-state index in [1.54, 1.807) is 6.07 Å². The standard InChI is InChI=1S/C36H36Cl2N2O5S/c1-3-4-10-35(42)39-29-16-13-26(14-17-29)27-15-19-31(24(2)21-27)34(41)22-28(12-11-25-8-6-5-7-9-25)36(43)40-46(44,45)30-18-20-32(37)33(38)23-30/h5-9,13-21,23,28H,3-4,10-12,22H2,1-2H3,(H,39,42)(H,40,43). The van der Waals surface area contributed by atoms with E-state index in [2.05, 4.69) is 10.0 Å². The van der Waals surface area contributed by atoms with Crippen LogP contribution in [-0.4, -0.2) is 26.0 Å². The molecule has 46 heavy (non-hydrogen) atoms. The number of Topliss-reactive ketones (excluding diaryl/α,β-unsaturated/α-hetero) is 1. The zero-order valence-corrected chi connectivity index (χ0v) is 28.0. The number of carbonyl (C=O) groups excluding carboxylic acids is 3. The molecule has 0 aliphatic heterocycles. The number of nitrogens with one attached hydrogen (secondary N) is 2. The van der Waals surface area contributed by atoms with Crippen LogP contribution in [0.2, 0.25) is 10.0 Å². The number of aryl methyl sites for hydroxylation is 2. The highest BCUT2D eigenvalue weighted by molar-refractivity contribution is 7.90. The molecule has 0 fully saturated rings. The molecule has 0 aromatic heterocycles. The van der Waals surface area contributed by atoms with Crippen LogP contribution in [0.4, 0.5) is 5.69 Å². The highest BCUT2D eigenvalue weighted by atomic mass is 35.5. The number of amides is 2. The van der Waals surface area contributed by atoms with E-state index in [9.17, 15) is 22.8 Å². The van der Waals surface area contributed by atoms with E-state index in [1.807, 2.05) is 80.6 Å². The Morgan fingerprint density at radius 2 is 1.52 bits per heavy atom. The topological polar surface area (TPSA) is 109 Å². The molecule has 1 atom stereocenters. The van der Waals surface area contributed by atoms with Gasteiger partial charge in [0.2, 0.25) is 11.8 Å². The molecule has 0 heterocycles. The lowest BCUT2D eigenvalue weighted by Crippen LogP contribution is -2.37. The lowest BCUT2D eigenvalue weighted by molar-refractivity contribution is -0.123. The van der Waals surface area contributed by atoms with Crippen LogP contribution in [0.3, 0.4) is 0 Å². The predicted molar refractivity (Wildman–Crippen MR) is 184 cm³/mol. The van der Waals surface area contributed by atoms with Gasteiger partial charge in [-0.25, -0.2) is 13.1 Å². The first-order chi connectivity index (χ1) is 22.0. The summed E-state index contributed by atoms with van der Waals surface area (Å²) < 4.78 is 28.2. The van der Waals surface area contributed by atoms with Crippen molar-refractivity contribution >= 4 is 56.5 Å². The molecule has 2 amide bonds. The van der Waals surface area contributed by atoms with Gasteiger partial charge in [0.15, 0.2) is 5.78 Å². The first kappa shape index (κ1) is 34.9. The third-order valence-electron chi connectivity index (χ3n) is 7.65. The fraction of sp³-hybridized carbons (Fsp3) is 0.250. The molecular weight excluding hydrogens is 643 g/mol. The minimum atomic E-state index is -4.26. The third-order valence-corrected chi connectivity index (χ3v) is 9.73. The van der Waals surface area contributed by atoms with Crippen molar-refractivity contribution in [3.63, 3.8) is 0 Å². The molecule has 7 nitrogen and oxygen atoms in total. The van der Waals surface area contributed by atoms with Crippen molar-refractivity contribution in [2.45, 2.75) is 57.3 Å². The van der Waals surface area contributed by atoms with Gasteiger partial charge in [-0.15, -0.1) is 0 Å². The van der Waals surface area contributed by atoms with Gasteiger partial charge in [0.25, 0.3) is 10.0 Å². The van der Waals surface area contributed by atoms with Crippen LogP contribution in [0.5, 0.6) is 0 Å². The van der Waals surface area contributed by atoms with Crippen LogP contribution in [-0.2, 0) is 26.0 Å². The summed E-state index contributed by atoms with van der Waals surface area (Å²) in [4.78, 5) is 38.8. The number of benzene rings is 4. The number of unbranched alkanes of at least 4 members (excludes halogenated alkanes) is 1. The Bertz CT molecular complexity index is 1810. The summed E-state index contributed by atoms with van der Waals surface area (Å²) in [6, 6.07) is 26.2. The summed E-state index contributed by atoms with van der Waals surface area (Å²) in [5.41, 5.74) is 4.67. The van der Waals surface area contributed by atoms with Crippen molar-refractivity contribution in [3.8, 4) is 11.1 Å². The summed E-state index contributed by atoms with van der Waals surface area (Å²) in [6.07, 6.45) is 2.83. The smallest absolute Gasteiger partial charge is 0.264 e. The van der Waals surface area contributed by atoms with E-state index in [4.69, 9.17) is 23.2 Å². The van der Waals surface area contributed by atoms with Crippen molar-refractivity contribution in [2.24, 2.45) is 5.92 Å². The summed E-state index contributed by atoms with van der Waals surface area (Å²) in [7, 11) is -4.26. The second kappa shape index (κ2) is 16.0. The number of ketones is 1. The highest BCUT2D eigenvalue weighted by Gasteiger charge is 2.28. The monoisotopic (exact) mass is 678 g/mol. The molecule has 4 aromatic carbocycles. The van der Waals surface area contributed by atoms with Crippen molar-refractivity contribution in [1.29, 1.82) is 0 Å². The molecule has 0 aliphatic carbocycles. The molecule has 1 unspecified atom stereocenters. The zero-order chi connectivity index (χ0) is 33.3. The summed E-state index contributed by atoms with van der Waals surface area (Å²) in [6.45, 7) is 3.87. The van der Waals surface area contributed by atoms with Gasteiger partial charge in [-0.05, 0) is 78.8 Å². The van der Waals surface area contributed by atoms with Crippen LogP contribution in [0, 0.1) is 12.8 Å². The molecule has 10 heteroatoms. The van der Waals surface area contributed by atoms with Crippen LogP contribution < -0.4 is 10.0 Å². The Labute approximate surface area is 280 Å². The average Bonchev–Trinajstić information content (AvgIpc) is 3.03. The lowest BCUT2D eigenvalue weighted by atomic mass is 9.89. The second-order valence-corrected chi connectivity index (χ2v) is 13.6. The molecule has 0 saturated carbocycles. The average molecular weight is 680 g/mol. The molecule has 0 radical (unpaired) electrons. The van der Waals surface area contributed by atoms with Gasteiger partial charge in [-0.1, -0.05) is 97.2 Å². The third kappa shape index (κ3) is 9.52. The van der Waals surface area contributed by atoms with Crippen LogP contribution in [0.1, 0.15) is 60.5 Å². The summed E-state index contributed by atoms with van der Waals surface area (Å²) in [5.74, 6) is -1.97. The summed E-state index contributed by atoms with van der Waals surface area (Å²) >= 11 is 11.9. The maximum Gasteiger partial charge on any atom is 0.264 e. The first-order valence-corrected chi connectivity index (χ1v) is 17.3. The van der Waals surface area contributed by atoms with E-state index < -0.39 is 21.8 Å². The maximum atomic E-state index is 13.6. The Kier molecular flexibility index (Phi) is 12.2. The van der Waals surface area contributed by atoms with Crippen molar-refractivity contribution < 1.29 is 22.8 Å². The molecule has 0 spiro atoms. The van der Waals surface area contributed by atoms with Gasteiger partial charge in [-0.3, -0.25) is 14.4 Å². The van der Waals surface area contributed by atoms with E-state index in [-0.39, 0.29) is 39.5 Å². The minimum absolute atomic E-state index is 0.0176. The first-order valence-electron chi connectivity index (χ1n) is 15.1. The number of hydrogen-bond donors (Lipinski definition) is 2. The van der Waals surface area contributed by atoms with E-state index in [0.29, 0.717) is 18.4 Å². The van der Waals surface area contributed by atoms with Gasteiger partial charge in [0.1, 0.15) is 0 Å². The fourth-order valence-corrected chi connectivity index (χ4v) is 6.46. The normalized spacial score (nSPS) is 11.9. The van der Waals surface area contributed by atoms with Crippen molar-refractivity contribution in [2.75, 3.05) is 5.32 Å². The molecule has 0 aliphatic rings. The number of rotatable bonds is 14. The summed E-state index contributed by atoms with van der Waals surface area (Å²) in [5, 5.41) is 3.12. The van der Waals surface area contributed by atoms with E-state index in [0.717, 1.165) is 40.8 Å². The van der Waals surface area contributed by atoms with Crippen LogP contribution in [0.15, 0.2) is 95.9 Å². The van der Waals surface area contributed by atoms with E-state index in [1.165, 1.54) is 18.2 Å². The van der Waals surface area contributed by atoms with Gasteiger partial charge >= 0.3 is 0 Å². The maximum absolute atomic E-state index is 13.6. The number of carbonyl (C=O) groups is 3. The molecule has 0 saturated heterocycles. The van der Waals surface area contributed by atoms with Crippen LogP contribution >= 0.6 is 23.2 Å². The second-order valence-electron chi connectivity index (χ2n) is 11.2. The van der Waals surface area contributed by atoms with Crippen molar-refractivity contribution in [3.05, 3.63) is 118 Å². The lowest BCUT2D eigenvalue weighted by Gasteiger charge is -2.18.